The summed E-state index contributed by atoms with van der Waals surface area (Å²) >= 11 is 0. The molecular formula is C35H41FO6S. The van der Waals surface area contributed by atoms with Crippen LogP contribution in [0.2, 0.25) is 0 Å². The standard InChI is InChI=1S/C24H29FO3S.C11H12O3/c1-15-6-7-21-20(8-9-22(25)24(15)21)23-16(2)11-19(12-17(23)3)28-13-18-5-4-10-29(26,27)14-18;1-7-2-3-9-8(5-11(12)13)6-14-10(9)4-7/h8-9,11-12,15,18H,4-7,10,13-14H2,1-3H3;2-4,8H,5-6H2,1H3,(H,12,13)/t15-,18?;8-/m11/s1. The van der Waals surface area contributed by atoms with Crippen LogP contribution < -0.4 is 9.47 Å². The first-order chi connectivity index (χ1) is 20.4. The number of carboxylic acid groups (broad SMARTS) is 1. The molecular weight excluding hydrogens is 567 g/mol. The van der Waals surface area contributed by atoms with Crippen molar-refractivity contribution in [2.75, 3.05) is 24.7 Å². The predicted molar refractivity (Wildman–Crippen MR) is 167 cm³/mol. The minimum absolute atomic E-state index is 0.0168. The summed E-state index contributed by atoms with van der Waals surface area (Å²) in [5.41, 5.74) is 8.67. The largest absolute Gasteiger partial charge is 0.493 e. The van der Waals surface area contributed by atoms with Gasteiger partial charge in [0.05, 0.1) is 31.1 Å². The quantitative estimate of drug-likeness (QED) is 0.316. The van der Waals surface area contributed by atoms with Crippen LogP contribution in [0.3, 0.4) is 0 Å². The summed E-state index contributed by atoms with van der Waals surface area (Å²) in [6.07, 6.45) is 3.68. The van der Waals surface area contributed by atoms with E-state index in [-0.39, 0.29) is 35.7 Å². The van der Waals surface area contributed by atoms with Gasteiger partial charge in [-0.2, -0.15) is 0 Å². The van der Waals surface area contributed by atoms with Crippen LogP contribution in [0.25, 0.3) is 11.1 Å². The first-order valence-corrected chi connectivity index (χ1v) is 16.9. The zero-order chi connectivity index (χ0) is 30.9. The highest BCUT2D eigenvalue weighted by Crippen LogP contribution is 2.43. The number of rotatable bonds is 6. The highest BCUT2D eigenvalue weighted by molar-refractivity contribution is 7.91. The monoisotopic (exact) mass is 608 g/mol. The lowest BCUT2D eigenvalue weighted by Crippen LogP contribution is -2.29. The Labute approximate surface area is 254 Å². The minimum Gasteiger partial charge on any atom is -0.493 e. The average Bonchev–Trinajstić information content (AvgIpc) is 3.51. The molecule has 0 spiro atoms. The van der Waals surface area contributed by atoms with Gasteiger partial charge in [-0.3, -0.25) is 4.79 Å². The van der Waals surface area contributed by atoms with Crippen LogP contribution >= 0.6 is 0 Å². The summed E-state index contributed by atoms with van der Waals surface area (Å²) < 4.78 is 49.5. The van der Waals surface area contributed by atoms with E-state index in [2.05, 4.69) is 20.8 Å². The van der Waals surface area contributed by atoms with E-state index >= 15 is 0 Å². The van der Waals surface area contributed by atoms with Gasteiger partial charge in [0.25, 0.3) is 0 Å². The molecule has 0 amide bonds. The van der Waals surface area contributed by atoms with Crippen molar-refractivity contribution in [1.82, 2.24) is 0 Å². The summed E-state index contributed by atoms with van der Waals surface area (Å²) in [5, 5.41) is 8.70. The van der Waals surface area contributed by atoms with Crippen LogP contribution in [-0.2, 0) is 21.1 Å². The Kier molecular flexibility index (Phi) is 9.16. The molecule has 3 aromatic carbocycles. The number of carbonyl (C=O) groups is 1. The molecule has 2 heterocycles. The Morgan fingerprint density at radius 1 is 1.07 bits per heavy atom. The number of benzene rings is 3. The Morgan fingerprint density at radius 2 is 1.81 bits per heavy atom. The molecule has 8 heteroatoms. The van der Waals surface area contributed by atoms with E-state index < -0.39 is 15.8 Å². The SMILES string of the molecule is Cc1cc(OCC2CCCS(=O)(=O)C2)cc(C)c1-c1ccc(F)c2c1CC[C@H]2C.Cc1ccc2c(c1)OC[C@H]2CC(=O)O. The third-order valence-electron chi connectivity index (χ3n) is 8.91. The van der Waals surface area contributed by atoms with Crippen molar-refractivity contribution >= 4 is 15.8 Å². The minimum atomic E-state index is -2.92. The summed E-state index contributed by atoms with van der Waals surface area (Å²) in [4.78, 5) is 10.6. The third kappa shape index (κ3) is 7.06. The number of hydrogen-bond donors (Lipinski definition) is 1. The highest BCUT2D eigenvalue weighted by atomic mass is 32.2. The zero-order valence-electron chi connectivity index (χ0n) is 25.4. The lowest BCUT2D eigenvalue weighted by atomic mass is 9.89. The molecule has 3 atom stereocenters. The van der Waals surface area contributed by atoms with Crippen LogP contribution in [0, 0.1) is 32.5 Å². The second-order valence-electron chi connectivity index (χ2n) is 12.4. The van der Waals surface area contributed by atoms with E-state index in [1.807, 2.05) is 43.3 Å². The number of carboxylic acids is 1. The Balaban J connectivity index is 0.000000220. The van der Waals surface area contributed by atoms with E-state index in [1.54, 1.807) is 6.07 Å². The van der Waals surface area contributed by atoms with Crippen LogP contribution in [-0.4, -0.2) is 44.2 Å². The third-order valence-corrected chi connectivity index (χ3v) is 10.8. The number of fused-ring (bicyclic) bond motifs is 2. The molecule has 0 saturated carbocycles. The van der Waals surface area contributed by atoms with Crippen LogP contribution in [0.4, 0.5) is 4.39 Å². The number of ether oxygens (including phenoxy) is 2. The van der Waals surface area contributed by atoms with Gasteiger partial charge in [-0.1, -0.05) is 25.1 Å². The van der Waals surface area contributed by atoms with Crippen molar-refractivity contribution in [3.63, 3.8) is 0 Å². The van der Waals surface area contributed by atoms with E-state index in [0.29, 0.717) is 19.0 Å². The molecule has 0 aromatic heterocycles. The average molecular weight is 609 g/mol. The van der Waals surface area contributed by atoms with Crippen molar-refractivity contribution in [2.24, 2.45) is 5.92 Å². The van der Waals surface area contributed by atoms with Gasteiger partial charge in [-0.25, -0.2) is 12.8 Å². The number of halogens is 1. The molecule has 3 aliphatic rings. The molecule has 3 aromatic rings. The smallest absolute Gasteiger partial charge is 0.304 e. The van der Waals surface area contributed by atoms with Gasteiger partial charge >= 0.3 is 5.97 Å². The first kappa shape index (κ1) is 31.0. The zero-order valence-corrected chi connectivity index (χ0v) is 26.2. The lowest BCUT2D eigenvalue weighted by Gasteiger charge is -2.23. The molecule has 230 valence electrons. The molecule has 0 bridgehead atoms. The highest BCUT2D eigenvalue weighted by Gasteiger charge is 2.28. The molecule has 0 radical (unpaired) electrons. The fourth-order valence-corrected chi connectivity index (χ4v) is 8.59. The Hall–Kier alpha value is -3.39. The fourth-order valence-electron chi connectivity index (χ4n) is 6.84. The molecule has 1 N–H and O–H groups in total. The normalized spacial score (nSPS) is 21.7. The van der Waals surface area contributed by atoms with Gasteiger partial charge in [0.2, 0.25) is 0 Å². The Bertz CT molecular complexity index is 1610. The molecule has 1 fully saturated rings. The number of aliphatic carboxylic acids is 1. The lowest BCUT2D eigenvalue weighted by molar-refractivity contribution is -0.137. The van der Waals surface area contributed by atoms with Gasteiger partial charge in [-0.15, -0.1) is 0 Å². The van der Waals surface area contributed by atoms with E-state index in [4.69, 9.17) is 14.6 Å². The molecule has 6 rings (SSSR count). The van der Waals surface area contributed by atoms with Crippen LogP contribution in [0.1, 0.15) is 77.8 Å². The fraction of sp³-hybridized carbons (Fsp3) is 0.457. The molecule has 1 unspecified atom stereocenters. The van der Waals surface area contributed by atoms with Gasteiger partial charge < -0.3 is 14.6 Å². The second-order valence-corrected chi connectivity index (χ2v) is 14.7. The predicted octanol–water partition coefficient (Wildman–Crippen LogP) is 7.31. The summed E-state index contributed by atoms with van der Waals surface area (Å²) in [6, 6.07) is 13.5. The summed E-state index contributed by atoms with van der Waals surface area (Å²) in [5.74, 6) is 1.63. The van der Waals surface area contributed by atoms with Crippen molar-refractivity contribution in [3.05, 3.63) is 81.7 Å². The van der Waals surface area contributed by atoms with Gasteiger partial charge in [0, 0.05) is 17.4 Å². The molecule has 2 aliphatic heterocycles. The molecule has 1 saturated heterocycles. The second kappa shape index (κ2) is 12.7. The molecule has 1 aliphatic carbocycles. The first-order valence-electron chi connectivity index (χ1n) is 15.1. The van der Waals surface area contributed by atoms with Crippen molar-refractivity contribution in [1.29, 1.82) is 0 Å². The maximum Gasteiger partial charge on any atom is 0.304 e. The van der Waals surface area contributed by atoms with E-state index in [0.717, 1.165) is 81.7 Å². The Morgan fingerprint density at radius 3 is 2.51 bits per heavy atom. The topological polar surface area (TPSA) is 89.9 Å². The van der Waals surface area contributed by atoms with Crippen molar-refractivity contribution < 1.29 is 32.2 Å². The maximum atomic E-state index is 14.4. The maximum absolute atomic E-state index is 14.4. The van der Waals surface area contributed by atoms with Crippen molar-refractivity contribution in [3.8, 4) is 22.6 Å². The molecule has 43 heavy (non-hydrogen) atoms. The van der Waals surface area contributed by atoms with E-state index in [9.17, 15) is 17.6 Å². The van der Waals surface area contributed by atoms with Crippen LogP contribution in [0.5, 0.6) is 11.5 Å². The van der Waals surface area contributed by atoms with Gasteiger partial charge in [-0.05, 0) is 116 Å². The molecule has 6 nitrogen and oxygen atoms in total. The van der Waals surface area contributed by atoms with Gasteiger partial charge in [0.15, 0.2) is 9.84 Å². The summed E-state index contributed by atoms with van der Waals surface area (Å²) in [7, 11) is -2.92. The number of hydrogen-bond acceptors (Lipinski definition) is 5. The van der Waals surface area contributed by atoms with E-state index in [1.165, 1.54) is 0 Å². The van der Waals surface area contributed by atoms with Crippen molar-refractivity contribution in [2.45, 2.75) is 71.6 Å². The van der Waals surface area contributed by atoms with Gasteiger partial charge in [0.1, 0.15) is 17.3 Å². The number of aryl methyl sites for hydroxylation is 3. The van der Waals surface area contributed by atoms with Crippen LogP contribution in [0.15, 0.2) is 42.5 Å². The summed E-state index contributed by atoms with van der Waals surface area (Å²) in [6.45, 7) is 9.14. The number of sulfone groups is 1.